The van der Waals surface area contributed by atoms with E-state index >= 15 is 0 Å². The molecule has 2 saturated heterocycles. The number of piperazine rings is 2. The number of nitriles is 1. The Bertz CT molecular complexity index is 1540. The van der Waals surface area contributed by atoms with Gasteiger partial charge in [-0.05, 0) is 53.0 Å². The minimum absolute atomic E-state index is 0.291. The lowest BCUT2D eigenvalue weighted by molar-refractivity contribution is 0.0240. The van der Waals surface area contributed by atoms with Crippen molar-refractivity contribution in [2.45, 2.75) is 58.0 Å². The van der Waals surface area contributed by atoms with Crippen LogP contribution in [0, 0.1) is 11.3 Å². The quantitative estimate of drug-likeness (QED) is 0.448. The van der Waals surface area contributed by atoms with Crippen molar-refractivity contribution < 1.29 is 14.1 Å². The Labute approximate surface area is 255 Å². The standard InChI is InChI=1S/C30H39N9O3S/c1-29(2,3)41-28(40)39-14-12-38(13-15-39)23-17-19(37-10-8-33-9-11-37)16-21(34-23)26-35-27(42-36-26)30(4)7-5-6-22-24(30)20(18-31)25(32)43-22/h16-17,33H,5-15,32H2,1-4H3. The van der Waals surface area contributed by atoms with E-state index in [0.29, 0.717) is 54.2 Å². The van der Waals surface area contributed by atoms with Crippen molar-refractivity contribution in [1.82, 2.24) is 25.3 Å². The lowest BCUT2D eigenvalue weighted by atomic mass is 9.72. The molecule has 12 nitrogen and oxygen atoms in total. The van der Waals surface area contributed by atoms with Crippen molar-refractivity contribution in [3.8, 4) is 17.6 Å². The van der Waals surface area contributed by atoms with E-state index in [0.717, 1.165) is 67.4 Å². The van der Waals surface area contributed by atoms with E-state index in [1.54, 1.807) is 4.90 Å². The van der Waals surface area contributed by atoms with Gasteiger partial charge in [0.1, 0.15) is 28.2 Å². The van der Waals surface area contributed by atoms with Crippen LogP contribution in [0.5, 0.6) is 0 Å². The van der Waals surface area contributed by atoms with Crippen LogP contribution in [-0.2, 0) is 16.6 Å². The van der Waals surface area contributed by atoms with Crippen LogP contribution in [0.15, 0.2) is 16.7 Å². The van der Waals surface area contributed by atoms with Crippen LogP contribution in [0.3, 0.4) is 0 Å². The van der Waals surface area contributed by atoms with Gasteiger partial charge in [-0.1, -0.05) is 5.16 Å². The number of hydrogen-bond acceptors (Lipinski definition) is 12. The third-order valence-electron chi connectivity index (χ3n) is 8.41. The molecule has 3 N–H and O–H groups in total. The summed E-state index contributed by atoms with van der Waals surface area (Å²) >= 11 is 1.49. The molecule has 0 spiro atoms. The Morgan fingerprint density at radius 3 is 2.58 bits per heavy atom. The Morgan fingerprint density at radius 2 is 1.88 bits per heavy atom. The van der Waals surface area contributed by atoms with Crippen LogP contribution in [-0.4, -0.2) is 84.1 Å². The monoisotopic (exact) mass is 605 g/mol. The largest absolute Gasteiger partial charge is 0.444 e. The second-order valence-electron chi connectivity index (χ2n) is 12.6. The molecule has 1 aliphatic carbocycles. The Balaban J connectivity index is 1.31. The van der Waals surface area contributed by atoms with E-state index in [9.17, 15) is 10.1 Å². The predicted octanol–water partition coefficient (Wildman–Crippen LogP) is 3.76. The minimum atomic E-state index is -0.602. The van der Waals surface area contributed by atoms with Crippen molar-refractivity contribution in [3.63, 3.8) is 0 Å². The zero-order chi connectivity index (χ0) is 30.4. The van der Waals surface area contributed by atoms with E-state index in [4.69, 9.17) is 25.0 Å². The van der Waals surface area contributed by atoms with Gasteiger partial charge < -0.3 is 35.0 Å². The second kappa shape index (κ2) is 11.3. The first-order valence-electron chi connectivity index (χ1n) is 14.9. The number of amides is 1. The number of ether oxygens (including phenoxy) is 1. The average Bonchev–Trinajstić information content (AvgIpc) is 3.62. The highest BCUT2D eigenvalue weighted by molar-refractivity contribution is 7.16. The summed E-state index contributed by atoms with van der Waals surface area (Å²) in [5, 5.41) is 18.3. The molecule has 3 aliphatic rings. The third kappa shape index (κ3) is 5.73. The number of nitrogens with one attached hydrogen (secondary N) is 1. The summed E-state index contributed by atoms with van der Waals surface area (Å²) in [6.07, 6.45) is 2.33. The first-order chi connectivity index (χ1) is 20.6. The number of nitrogen functional groups attached to an aromatic ring is 1. The molecule has 6 rings (SSSR count). The summed E-state index contributed by atoms with van der Waals surface area (Å²) in [6.45, 7) is 13.6. The van der Waals surface area contributed by atoms with Crippen molar-refractivity contribution in [2.24, 2.45) is 0 Å². The van der Waals surface area contributed by atoms with Gasteiger partial charge in [-0.2, -0.15) is 10.2 Å². The lowest BCUT2D eigenvalue weighted by Crippen LogP contribution is -2.50. The molecule has 228 valence electrons. The van der Waals surface area contributed by atoms with E-state index in [2.05, 4.69) is 39.3 Å². The summed E-state index contributed by atoms with van der Waals surface area (Å²) in [6, 6.07) is 6.45. The number of thiophene rings is 1. The van der Waals surface area contributed by atoms with Crippen LogP contribution in [0.4, 0.5) is 21.3 Å². The van der Waals surface area contributed by atoms with Crippen LogP contribution < -0.4 is 20.9 Å². The van der Waals surface area contributed by atoms with Gasteiger partial charge in [0.2, 0.25) is 11.7 Å². The van der Waals surface area contributed by atoms with Crippen molar-refractivity contribution >= 4 is 33.9 Å². The van der Waals surface area contributed by atoms with E-state index in [1.807, 2.05) is 26.8 Å². The van der Waals surface area contributed by atoms with Gasteiger partial charge in [0.05, 0.1) is 11.0 Å². The molecule has 1 unspecified atom stereocenters. The number of hydrogen-bond donors (Lipinski definition) is 2. The van der Waals surface area contributed by atoms with Crippen molar-refractivity contribution in [3.05, 3.63) is 34.0 Å². The zero-order valence-corrected chi connectivity index (χ0v) is 26.1. The molecule has 2 fully saturated rings. The maximum atomic E-state index is 12.6. The number of fused-ring (bicyclic) bond motifs is 1. The fourth-order valence-corrected chi connectivity index (χ4v) is 7.38. The van der Waals surface area contributed by atoms with Gasteiger partial charge >= 0.3 is 6.09 Å². The van der Waals surface area contributed by atoms with Gasteiger partial charge in [0.25, 0.3) is 0 Å². The van der Waals surface area contributed by atoms with Crippen molar-refractivity contribution in [1.29, 1.82) is 5.26 Å². The number of pyridine rings is 1. The fraction of sp³-hybridized carbons (Fsp3) is 0.567. The van der Waals surface area contributed by atoms with Crippen LogP contribution in [0.2, 0.25) is 0 Å². The zero-order valence-electron chi connectivity index (χ0n) is 25.3. The Morgan fingerprint density at radius 1 is 1.14 bits per heavy atom. The number of anilines is 3. The van der Waals surface area contributed by atoms with Gasteiger partial charge in [-0.3, -0.25) is 0 Å². The minimum Gasteiger partial charge on any atom is -0.444 e. The molecule has 3 aromatic heterocycles. The summed E-state index contributed by atoms with van der Waals surface area (Å²) in [5.41, 5.74) is 8.21. The molecule has 1 atom stereocenters. The number of nitrogens with two attached hydrogens (primary N) is 1. The number of aromatic nitrogens is 3. The van der Waals surface area contributed by atoms with Gasteiger partial charge in [-0.15, -0.1) is 11.3 Å². The number of nitrogens with zero attached hydrogens (tertiary/aromatic N) is 7. The van der Waals surface area contributed by atoms with Crippen molar-refractivity contribution in [2.75, 3.05) is 67.9 Å². The molecule has 2 aliphatic heterocycles. The maximum absolute atomic E-state index is 12.6. The Kier molecular flexibility index (Phi) is 7.68. The highest BCUT2D eigenvalue weighted by atomic mass is 32.1. The molecule has 0 saturated carbocycles. The number of carbonyl (C=O) groups excluding carboxylic acids is 1. The summed E-state index contributed by atoms with van der Waals surface area (Å²) in [5.74, 6) is 1.69. The van der Waals surface area contributed by atoms with E-state index in [-0.39, 0.29) is 6.09 Å². The summed E-state index contributed by atoms with van der Waals surface area (Å²) < 4.78 is 11.5. The Hall–Kier alpha value is -3.89. The highest BCUT2D eigenvalue weighted by Gasteiger charge is 2.43. The van der Waals surface area contributed by atoms with Gasteiger partial charge in [0, 0.05) is 74.6 Å². The van der Waals surface area contributed by atoms with E-state index in [1.165, 1.54) is 11.3 Å². The summed E-state index contributed by atoms with van der Waals surface area (Å²) in [7, 11) is 0. The van der Waals surface area contributed by atoms with Crippen LogP contribution >= 0.6 is 11.3 Å². The fourth-order valence-electron chi connectivity index (χ4n) is 6.19. The molecule has 1 amide bonds. The third-order valence-corrected chi connectivity index (χ3v) is 9.49. The number of aryl methyl sites for hydroxylation is 1. The topological polar surface area (TPSA) is 150 Å². The molecule has 13 heteroatoms. The average molecular weight is 606 g/mol. The number of rotatable bonds is 4. The second-order valence-corrected chi connectivity index (χ2v) is 13.8. The normalized spacial score (nSPS) is 21.0. The molecule has 3 aromatic rings. The smallest absolute Gasteiger partial charge is 0.410 e. The SMILES string of the molecule is CC(C)(C)OC(=O)N1CCN(c2cc(N3CCNCC3)cc(-c3noc(C4(C)CCCc5sc(N)c(C#N)c54)n3)n2)CC1. The molecule has 0 bridgehead atoms. The van der Waals surface area contributed by atoms with E-state index < -0.39 is 11.0 Å². The molecule has 0 radical (unpaired) electrons. The first-order valence-corrected chi connectivity index (χ1v) is 15.7. The molecule has 5 heterocycles. The van der Waals surface area contributed by atoms with Crippen LogP contribution in [0.25, 0.3) is 11.5 Å². The first kappa shape index (κ1) is 29.2. The van der Waals surface area contributed by atoms with Gasteiger partial charge in [-0.25, -0.2) is 9.78 Å². The molecular formula is C30H39N9O3S. The highest BCUT2D eigenvalue weighted by Crippen LogP contribution is 2.48. The van der Waals surface area contributed by atoms with Crippen LogP contribution in [0.1, 0.15) is 62.4 Å². The number of carbonyl (C=O) groups is 1. The maximum Gasteiger partial charge on any atom is 0.410 e. The molecule has 0 aromatic carbocycles. The lowest BCUT2D eigenvalue weighted by Gasteiger charge is -2.37. The summed E-state index contributed by atoms with van der Waals surface area (Å²) in [4.78, 5) is 29.9. The molecular weight excluding hydrogens is 566 g/mol. The predicted molar refractivity (Wildman–Crippen MR) is 165 cm³/mol. The van der Waals surface area contributed by atoms with Gasteiger partial charge in [0.15, 0.2) is 0 Å². The molecule has 43 heavy (non-hydrogen) atoms.